The lowest BCUT2D eigenvalue weighted by molar-refractivity contribution is 0.624. The van der Waals surface area contributed by atoms with E-state index in [4.69, 9.17) is 0 Å². The Labute approximate surface area is 148 Å². The summed E-state index contributed by atoms with van der Waals surface area (Å²) in [6.07, 6.45) is 0. The monoisotopic (exact) mass is 359 g/mol. The van der Waals surface area contributed by atoms with Crippen LogP contribution in [0.4, 0.5) is 4.39 Å². The lowest BCUT2D eigenvalue weighted by Gasteiger charge is -2.09. The molecule has 0 heterocycles. The summed E-state index contributed by atoms with van der Waals surface area (Å²) in [7, 11) is -0.993. The molecule has 0 aliphatic rings. The van der Waals surface area contributed by atoms with E-state index in [0.29, 0.717) is 12.3 Å². The first kappa shape index (κ1) is 17.1. The number of fused-ring (bicyclic) bond motifs is 1. The van der Waals surface area contributed by atoms with Crippen molar-refractivity contribution in [3.05, 3.63) is 72.0 Å². The van der Waals surface area contributed by atoms with E-state index in [1.54, 1.807) is 17.8 Å². The zero-order valence-electron chi connectivity index (χ0n) is 13.3. The van der Waals surface area contributed by atoms with E-state index in [0.717, 1.165) is 26.1 Å². The molecule has 0 saturated heterocycles. The smallest absolute Gasteiger partial charge is 0.124 e. The van der Waals surface area contributed by atoms with Crippen LogP contribution in [0, 0.1) is 5.82 Å². The van der Waals surface area contributed by atoms with Crippen molar-refractivity contribution in [2.24, 2.45) is 0 Å². The van der Waals surface area contributed by atoms with Gasteiger partial charge in [0.25, 0.3) is 0 Å². The second-order valence-corrected chi connectivity index (χ2v) is 8.02. The maximum atomic E-state index is 13.3. The van der Waals surface area contributed by atoms with Crippen molar-refractivity contribution in [1.29, 1.82) is 0 Å². The molecule has 1 atom stereocenters. The molecule has 5 heteroatoms. The SMILES string of the molecule is CCS(=O)NCc1cccc2cc(Sc3cccc(F)c3)ccc12. The van der Waals surface area contributed by atoms with Gasteiger partial charge in [-0.3, -0.25) is 0 Å². The molecule has 3 aromatic carbocycles. The van der Waals surface area contributed by atoms with Crippen LogP contribution in [-0.4, -0.2) is 9.96 Å². The van der Waals surface area contributed by atoms with Crippen LogP contribution >= 0.6 is 11.8 Å². The second kappa shape index (κ2) is 7.92. The molecule has 0 radical (unpaired) electrons. The lowest BCUT2D eigenvalue weighted by atomic mass is 10.1. The predicted molar refractivity (Wildman–Crippen MR) is 100.0 cm³/mol. The van der Waals surface area contributed by atoms with Crippen LogP contribution < -0.4 is 4.72 Å². The first-order valence-electron chi connectivity index (χ1n) is 7.72. The van der Waals surface area contributed by atoms with Crippen molar-refractivity contribution in [3.63, 3.8) is 0 Å². The van der Waals surface area contributed by atoms with Gasteiger partial charge >= 0.3 is 0 Å². The average molecular weight is 359 g/mol. The third-order valence-corrected chi connectivity index (χ3v) is 5.63. The van der Waals surface area contributed by atoms with Gasteiger partial charge < -0.3 is 0 Å². The molecule has 0 saturated carbocycles. The summed E-state index contributed by atoms with van der Waals surface area (Å²) >= 11 is 1.54. The van der Waals surface area contributed by atoms with Crippen molar-refractivity contribution in [1.82, 2.24) is 4.72 Å². The van der Waals surface area contributed by atoms with Crippen LogP contribution in [0.15, 0.2) is 70.5 Å². The minimum absolute atomic E-state index is 0.224. The summed E-state index contributed by atoms with van der Waals surface area (Å²) in [4.78, 5) is 1.95. The third-order valence-electron chi connectivity index (χ3n) is 3.66. The van der Waals surface area contributed by atoms with E-state index in [9.17, 15) is 8.60 Å². The molecule has 0 aromatic heterocycles. The Bertz CT molecular complexity index is 882. The molecular formula is C19H18FNOS2. The Morgan fingerprint density at radius 2 is 1.83 bits per heavy atom. The summed E-state index contributed by atoms with van der Waals surface area (Å²) in [5, 5.41) is 2.26. The zero-order chi connectivity index (χ0) is 16.9. The van der Waals surface area contributed by atoms with E-state index in [1.807, 2.05) is 31.2 Å². The number of rotatable bonds is 6. The highest BCUT2D eigenvalue weighted by molar-refractivity contribution is 7.99. The lowest BCUT2D eigenvalue weighted by Crippen LogP contribution is -2.18. The van der Waals surface area contributed by atoms with Gasteiger partial charge in [0, 0.05) is 22.1 Å². The Balaban J connectivity index is 1.85. The van der Waals surface area contributed by atoms with Gasteiger partial charge in [-0.25, -0.2) is 13.3 Å². The van der Waals surface area contributed by atoms with Gasteiger partial charge in [-0.15, -0.1) is 0 Å². The summed E-state index contributed by atoms with van der Waals surface area (Å²) in [5.41, 5.74) is 1.12. The van der Waals surface area contributed by atoms with Gasteiger partial charge in [0.15, 0.2) is 0 Å². The minimum Gasteiger partial charge on any atom is -0.243 e. The van der Waals surface area contributed by atoms with Gasteiger partial charge in [0.05, 0.1) is 11.0 Å². The van der Waals surface area contributed by atoms with Crippen molar-refractivity contribution < 1.29 is 8.60 Å². The number of hydrogen-bond donors (Lipinski definition) is 1. The average Bonchev–Trinajstić information content (AvgIpc) is 2.59. The minimum atomic E-state index is -0.993. The summed E-state index contributed by atoms with van der Waals surface area (Å²) in [6.45, 7) is 2.47. The fourth-order valence-corrected chi connectivity index (χ4v) is 3.91. The highest BCUT2D eigenvalue weighted by atomic mass is 32.2. The number of hydrogen-bond acceptors (Lipinski definition) is 2. The molecule has 0 bridgehead atoms. The first-order valence-corrected chi connectivity index (χ1v) is 9.86. The quantitative estimate of drug-likeness (QED) is 0.678. The van der Waals surface area contributed by atoms with Crippen molar-refractivity contribution in [3.8, 4) is 0 Å². The fraction of sp³-hybridized carbons (Fsp3) is 0.158. The Morgan fingerprint density at radius 1 is 1.04 bits per heavy atom. The molecular weight excluding hydrogens is 341 g/mol. The predicted octanol–water partition coefficient (Wildman–Crippen LogP) is 4.90. The van der Waals surface area contributed by atoms with E-state index >= 15 is 0 Å². The van der Waals surface area contributed by atoms with Gasteiger partial charge in [0.1, 0.15) is 5.82 Å². The maximum Gasteiger partial charge on any atom is 0.124 e. The molecule has 24 heavy (non-hydrogen) atoms. The Morgan fingerprint density at radius 3 is 2.62 bits per heavy atom. The largest absolute Gasteiger partial charge is 0.243 e. The first-order chi connectivity index (χ1) is 11.7. The van der Waals surface area contributed by atoms with Crippen LogP contribution in [0.1, 0.15) is 12.5 Å². The number of halogens is 1. The molecule has 1 unspecified atom stereocenters. The summed E-state index contributed by atoms with van der Waals surface area (Å²) in [5.74, 6) is 0.372. The molecule has 0 fully saturated rings. The summed E-state index contributed by atoms with van der Waals surface area (Å²) in [6, 6.07) is 18.9. The van der Waals surface area contributed by atoms with Gasteiger partial charge in [-0.2, -0.15) is 0 Å². The Hall–Kier alpha value is -1.69. The highest BCUT2D eigenvalue weighted by Crippen LogP contribution is 2.31. The van der Waals surface area contributed by atoms with Crippen LogP contribution in [0.3, 0.4) is 0 Å². The fourth-order valence-electron chi connectivity index (χ4n) is 2.47. The standard InChI is InChI=1S/C19H18FNOS2/c1-2-24(22)21-13-15-6-3-5-14-11-18(9-10-19(14)15)23-17-8-4-7-16(20)12-17/h3-12,21H,2,13H2,1H3. The molecule has 124 valence electrons. The van der Waals surface area contributed by atoms with E-state index < -0.39 is 11.0 Å². The van der Waals surface area contributed by atoms with E-state index in [-0.39, 0.29) is 5.82 Å². The number of nitrogens with one attached hydrogen (secondary N) is 1. The topological polar surface area (TPSA) is 29.1 Å². The molecule has 1 N–H and O–H groups in total. The van der Waals surface area contributed by atoms with Gasteiger partial charge in [-0.05, 0) is 46.7 Å². The van der Waals surface area contributed by atoms with Crippen molar-refractivity contribution >= 4 is 33.5 Å². The molecule has 0 spiro atoms. The normalized spacial score (nSPS) is 12.4. The molecule has 3 rings (SSSR count). The van der Waals surface area contributed by atoms with Crippen LogP contribution in [-0.2, 0) is 17.5 Å². The molecule has 0 aliphatic carbocycles. The van der Waals surface area contributed by atoms with Crippen molar-refractivity contribution in [2.45, 2.75) is 23.3 Å². The molecule has 3 aromatic rings. The highest BCUT2D eigenvalue weighted by Gasteiger charge is 2.05. The maximum absolute atomic E-state index is 13.3. The van der Waals surface area contributed by atoms with Gasteiger partial charge in [0.2, 0.25) is 0 Å². The van der Waals surface area contributed by atoms with Crippen LogP contribution in [0.5, 0.6) is 0 Å². The molecule has 0 aliphatic heterocycles. The van der Waals surface area contributed by atoms with Gasteiger partial charge in [-0.1, -0.05) is 49.0 Å². The Kier molecular flexibility index (Phi) is 5.66. The number of benzene rings is 3. The second-order valence-electron chi connectivity index (χ2n) is 5.31. The zero-order valence-corrected chi connectivity index (χ0v) is 14.9. The van der Waals surface area contributed by atoms with Crippen LogP contribution in [0.25, 0.3) is 10.8 Å². The van der Waals surface area contributed by atoms with Crippen LogP contribution in [0.2, 0.25) is 0 Å². The molecule has 0 amide bonds. The van der Waals surface area contributed by atoms with Crippen molar-refractivity contribution in [2.75, 3.05) is 5.75 Å². The summed E-state index contributed by atoms with van der Waals surface area (Å²) < 4.78 is 27.9. The third kappa shape index (κ3) is 4.23. The van der Waals surface area contributed by atoms with E-state index in [1.165, 1.54) is 12.1 Å². The molecule has 2 nitrogen and oxygen atoms in total. The van der Waals surface area contributed by atoms with E-state index in [2.05, 4.69) is 22.9 Å².